The third kappa shape index (κ3) is 1.95. The van der Waals surface area contributed by atoms with Crippen LogP contribution in [0.3, 0.4) is 0 Å². The summed E-state index contributed by atoms with van der Waals surface area (Å²) in [5.74, 6) is 1.24. The first-order valence-electron chi connectivity index (χ1n) is 8.09. The second kappa shape index (κ2) is 4.83. The minimum atomic E-state index is 0.0612. The summed E-state index contributed by atoms with van der Waals surface area (Å²) in [6.07, 6.45) is 4.65. The summed E-state index contributed by atoms with van der Waals surface area (Å²) < 4.78 is 8.12. The van der Waals surface area contributed by atoms with Crippen LogP contribution >= 0.6 is 0 Å². The lowest BCUT2D eigenvalue weighted by Crippen LogP contribution is -2.06. The van der Waals surface area contributed by atoms with E-state index in [0.29, 0.717) is 11.3 Å². The van der Waals surface area contributed by atoms with Crippen LogP contribution in [0.25, 0.3) is 27.6 Å². The van der Waals surface area contributed by atoms with Gasteiger partial charge in [-0.05, 0) is 31.2 Å². The number of anilines is 2. The van der Waals surface area contributed by atoms with E-state index in [1.165, 1.54) is 0 Å². The molecule has 3 aromatic heterocycles. The van der Waals surface area contributed by atoms with E-state index in [0.717, 1.165) is 39.8 Å². The zero-order valence-electron chi connectivity index (χ0n) is 13.6. The lowest BCUT2D eigenvalue weighted by molar-refractivity contribution is 0.257. The molecule has 1 unspecified atom stereocenters. The van der Waals surface area contributed by atoms with Crippen LogP contribution in [-0.4, -0.2) is 25.6 Å². The van der Waals surface area contributed by atoms with E-state index in [9.17, 15) is 0 Å². The Hall–Kier alpha value is -3.35. The van der Waals surface area contributed by atoms with Gasteiger partial charge < -0.3 is 20.8 Å². The summed E-state index contributed by atoms with van der Waals surface area (Å²) in [4.78, 5) is 13.0. The fraction of sp³-hybridized carbons (Fsp3) is 0.167. The Bertz CT molecular complexity index is 1150. The van der Waals surface area contributed by atoms with Crippen LogP contribution in [0.15, 0.2) is 36.7 Å². The predicted molar refractivity (Wildman–Crippen MR) is 96.8 cm³/mol. The first-order chi connectivity index (χ1) is 12.1. The number of nitrogens with two attached hydrogens (primary N) is 2. The Morgan fingerprint density at radius 3 is 3.00 bits per heavy atom. The molecule has 0 fully saturated rings. The van der Waals surface area contributed by atoms with Crippen molar-refractivity contribution in [3.05, 3.63) is 42.2 Å². The van der Waals surface area contributed by atoms with Crippen LogP contribution < -0.4 is 16.2 Å². The molecule has 0 saturated carbocycles. The number of hydrogen-bond acceptors (Lipinski definition) is 6. The summed E-state index contributed by atoms with van der Waals surface area (Å²) in [7, 11) is 0. The highest BCUT2D eigenvalue weighted by molar-refractivity contribution is 5.98. The highest BCUT2D eigenvalue weighted by atomic mass is 16.5. The van der Waals surface area contributed by atoms with Gasteiger partial charge in [-0.25, -0.2) is 9.97 Å². The molecule has 4 heterocycles. The molecule has 0 aliphatic carbocycles. The Morgan fingerprint density at radius 2 is 2.12 bits per heavy atom. The monoisotopic (exact) mass is 332 g/mol. The van der Waals surface area contributed by atoms with Crippen LogP contribution in [0, 0.1) is 0 Å². The maximum absolute atomic E-state index is 6.10. The average Bonchev–Trinajstić information content (AvgIpc) is 3.16. The van der Waals surface area contributed by atoms with E-state index in [1.807, 2.05) is 37.4 Å². The summed E-state index contributed by atoms with van der Waals surface area (Å²) >= 11 is 0. The summed E-state index contributed by atoms with van der Waals surface area (Å²) in [5, 5.41) is 1.80. The van der Waals surface area contributed by atoms with Gasteiger partial charge in [-0.2, -0.15) is 4.98 Å². The van der Waals surface area contributed by atoms with Crippen molar-refractivity contribution < 1.29 is 4.74 Å². The number of aromatic nitrogens is 4. The molecule has 124 valence electrons. The summed E-state index contributed by atoms with van der Waals surface area (Å²) in [6.45, 7) is 2.04. The molecule has 0 bridgehead atoms. The van der Waals surface area contributed by atoms with Gasteiger partial charge in [0.15, 0.2) is 0 Å². The summed E-state index contributed by atoms with van der Waals surface area (Å²) in [6, 6.07) is 7.99. The van der Waals surface area contributed by atoms with E-state index in [4.69, 9.17) is 16.2 Å². The third-order valence-corrected chi connectivity index (χ3v) is 4.58. The van der Waals surface area contributed by atoms with E-state index < -0.39 is 0 Å². The fourth-order valence-electron chi connectivity index (χ4n) is 3.57. The Labute approximate surface area is 143 Å². The number of rotatable bonds is 1. The second-order valence-electron chi connectivity index (χ2n) is 6.30. The van der Waals surface area contributed by atoms with Crippen molar-refractivity contribution in [3.63, 3.8) is 0 Å². The van der Waals surface area contributed by atoms with E-state index >= 15 is 0 Å². The number of hydrogen-bond donors (Lipinski definition) is 2. The van der Waals surface area contributed by atoms with Crippen LogP contribution in [0.2, 0.25) is 0 Å². The van der Waals surface area contributed by atoms with Crippen molar-refractivity contribution in [3.8, 4) is 11.4 Å². The molecule has 25 heavy (non-hydrogen) atoms. The van der Waals surface area contributed by atoms with Gasteiger partial charge in [0.1, 0.15) is 23.3 Å². The zero-order valence-corrected chi connectivity index (χ0v) is 13.6. The molecule has 1 aliphatic rings. The molecule has 7 heteroatoms. The summed E-state index contributed by atoms with van der Waals surface area (Å²) in [5.41, 5.74) is 15.5. The first-order valence-corrected chi connectivity index (χ1v) is 8.09. The molecule has 4 aromatic rings. The second-order valence-corrected chi connectivity index (χ2v) is 6.30. The third-order valence-electron chi connectivity index (χ3n) is 4.58. The van der Waals surface area contributed by atoms with Gasteiger partial charge in [0.05, 0.1) is 16.6 Å². The maximum atomic E-state index is 6.10. The fourth-order valence-corrected chi connectivity index (χ4v) is 3.57. The Balaban J connectivity index is 1.89. The van der Waals surface area contributed by atoms with Crippen LogP contribution in [0.1, 0.15) is 12.5 Å². The molecular formula is C18H16N6O. The number of benzene rings is 1. The van der Waals surface area contributed by atoms with Crippen molar-refractivity contribution in [1.82, 2.24) is 19.5 Å². The topological polar surface area (TPSA) is 105 Å². The first kappa shape index (κ1) is 14.0. The average molecular weight is 332 g/mol. The van der Waals surface area contributed by atoms with Gasteiger partial charge in [0.2, 0.25) is 5.95 Å². The molecular weight excluding hydrogens is 316 g/mol. The number of ether oxygens (including phenoxy) is 1. The quantitative estimate of drug-likeness (QED) is 0.555. The molecule has 0 radical (unpaired) electrons. The van der Waals surface area contributed by atoms with Gasteiger partial charge in [0.25, 0.3) is 0 Å². The van der Waals surface area contributed by atoms with E-state index in [1.54, 1.807) is 6.20 Å². The van der Waals surface area contributed by atoms with Crippen LogP contribution in [0.5, 0.6) is 5.75 Å². The highest BCUT2D eigenvalue weighted by Crippen LogP contribution is 2.42. The van der Waals surface area contributed by atoms with Crippen molar-refractivity contribution in [2.24, 2.45) is 0 Å². The van der Waals surface area contributed by atoms with Crippen molar-refractivity contribution in [1.29, 1.82) is 0 Å². The number of fused-ring (bicyclic) bond motifs is 4. The lowest BCUT2D eigenvalue weighted by Gasteiger charge is -2.13. The maximum Gasteiger partial charge on any atom is 0.222 e. The van der Waals surface area contributed by atoms with Crippen molar-refractivity contribution in [2.45, 2.75) is 19.4 Å². The number of pyridine rings is 1. The molecule has 4 N–H and O–H groups in total. The molecule has 0 saturated heterocycles. The van der Waals surface area contributed by atoms with Gasteiger partial charge in [-0.1, -0.05) is 0 Å². The molecule has 1 aliphatic heterocycles. The normalized spacial score (nSPS) is 16.3. The molecule has 7 nitrogen and oxygen atoms in total. The molecule has 1 aromatic carbocycles. The van der Waals surface area contributed by atoms with Crippen LogP contribution in [0.4, 0.5) is 11.8 Å². The van der Waals surface area contributed by atoms with Crippen molar-refractivity contribution in [2.75, 3.05) is 11.5 Å². The zero-order chi connectivity index (χ0) is 17.1. The van der Waals surface area contributed by atoms with Crippen LogP contribution in [-0.2, 0) is 6.42 Å². The van der Waals surface area contributed by atoms with Gasteiger partial charge in [-0.15, -0.1) is 0 Å². The smallest absolute Gasteiger partial charge is 0.222 e. The number of nitrogens with zero attached hydrogens (tertiary/aromatic N) is 4. The predicted octanol–water partition coefficient (Wildman–Crippen LogP) is 2.46. The molecule has 5 rings (SSSR count). The van der Waals surface area contributed by atoms with Gasteiger partial charge >= 0.3 is 0 Å². The van der Waals surface area contributed by atoms with Crippen molar-refractivity contribution >= 4 is 33.7 Å². The molecule has 0 spiro atoms. The Morgan fingerprint density at radius 1 is 1.24 bits per heavy atom. The van der Waals surface area contributed by atoms with E-state index in [2.05, 4.69) is 19.5 Å². The Kier molecular flexibility index (Phi) is 2.71. The van der Waals surface area contributed by atoms with Gasteiger partial charge in [0, 0.05) is 29.8 Å². The lowest BCUT2D eigenvalue weighted by atomic mass is 10.0. The van der Waals surface area contributed by atoms with Gasteiger partial charge in [-0.3, -0.25) is 0 Å². The molecule has 1 atom stereocenters. The van der Waals surface area contributed by atoms with E-state index in [-0.39, 0.29) is 12.1 Å². The number of nitrogen functional groups attached to an aromatic ring is 2. The highest BCUT2D eigenvalue weighted by Gasteiger charge is 2.28. The molecule has 0 amide bonds. The minimum Gasteiger partial charge on any atom is -0.489 e. The minimum absolute atomic E-state index is 0.0612. The largest absolute Gasteiger partial charge is 0.489 e. The SMILES string of the molecule is CC1Cc2c(-n3ccc4cccnc43)cc3nc(N)nc(N)c3c2O1. The standard InChI is InChI=1S/C18H16N6O/c1-9-7-11-13(24-6-4-10-3-2-5-21-17(10)24)8-12-14(15(11)25-9)16(19)23-18(20)22-12/h2-6,8-9H,7H2,1H3,(H4,19,20,22,23).